The van der Waals surface area contributed by atoms with Gasteiger partial charge in [0.05, 0.1) is 26.4 Å². The second kappa shape index (κ2) is 77.4. The molecule has 0 amide bonds. The van der Waals surface area contributed by atoms with Gasteiger partial charge in [-0.2, -0.15) is 0 Å². The van der Waals surface area contributed by atoms with Crippen LogP contribution in [0.4, 0.5) is 0 Å². The highest BCUT2D eigenvalue weighted by molar-refractivity contribution is 7.47. The molecule has 6 atom stereocenters. The number of hydrogen-bond acceptors (Lipinski definition) is 15. The van der Waals surface area contributed by atoms with E-state index in [1.165, 1.54) is 276 Å². The third-order valence-corrected chi connectivity index (χ3v) is 22.5. The van der Waals surface area contributed by atoms with Crippen LogP contribution in [0.1, 0.15) is 459 Å². The van der Waals surface area contributed by atoms with Crippen molar-refractivity contribution in [2.24, 2.45) is 11.8 Å². The molecule has 3 unspecified atom stereocenters. The minimum atomic E-state index is -4.97. The number of aliphatic hydroxyl groups is 1. The molecule has 0 aliphatic rings. The van der Waals surface area contributed by atoms with Gasteiger partial charge in [-0.15, -0.1) is 0 Å². The fourth-order valence-electron chi connectivity index (χ4n) is 13.4. The quantitative estimate of drug-likeness (QED) is 0.0222. The molecule has 0 aromatic carbocycles. The van der Waals surface area contributed by atoms with Crippen molar-refractivity contribution in [2.75, 3.05) is 39.6 Å². The Bertz CT molecular complexity index is 2010. The van der Waals surface area contributed by atoms with E-state index in [0.717, 1.165) is 102 Å². The molecule has 624 valence electrons. The van der Waals surface area contributed by atoms with E-state index >= 15 is 0 Å². The van der Waals surface area contributed by atoms with Gasteiger partial charge >= 0.3 is 39.5 Å². The van der Waals surface area contributed by atoms with Crippen LogP contribution in [0.15, 0.2) is 0 Å². The molecule has 105 heavy (non-hydrogen) atoms. The number of ether oxygens (including phenoxy) is 4. The zero-order chi connectivity index (χ0) is 77.1. The van der Waals surface area contributed by atoms with Gasteiger partial charge in [-0.25, -0.2) is 9.13 Å². The van der Waals surface area contributed by atoms with E-state index in [0.29, 0.717) is 25.7 Å². The van der Waals surface area contributed by atoms with Crippen LogP contribution in [-0.2, 0) is 65.4 Å². The smallest absolute Gasteiger partial charge is 0.462 e. The van der Waals surface area contributed by atoms with Crippen molar-refractivity contribution in [1.82, 2.24) is 0 Å². The summed E-state index contributed by atoms with van der Waals surface area (Å²) in [4.78, 5) is 73.2. The molecule has 0 aromatic rings. The summed E-state index contributed by atoms with van der Waals surface area (Å²) < 4.78 is 68.9. The minimum absolute atomic E-state index is 0.106. The molecule has 3 N–H and O–H groups in total. The predicted octanol–water partition coefficient (Wildman–Crippen LogP) is 26.2. The molecule has 0 bridgehead atoms. The molecule has 0 saturated carbocycles. The molecule has 0 fully saturated rings. The van der Waals surface area contributed by atoms with E-state index < -0.39 is 97.5 Å². The van der Waals surface area contributed by atoms with Gasteiger partial charge in [0.1, 0.15) is 19.3 Å². The Kier molecular flexibility index (Phi) is 76.0. The molecular weight excluding hydrogens is 1370 g/mol. The van der Waals surface area contributed by atoms with Crippen LogP contribution in [0.25, 0.3) is 0 Å². The molecule has 0 saturated heterocycles. The zero-order valence-corrected chi connectivity index (χ0v) is 70.8. The Morgan fingerprint density at radius 2 is 0.486 bits per heavy atom. The first-order valence-corrected chi connectivity index (χ1v) is 47.5. The first-order valence-electron chi connectivity index (χ1n) is 44.5. The maximum atomic E-state index is 13.1. The number of esters is 4. The Morgan fingerprint density at radius 3 is 0.724 bits per heavy atom. The second-order valence-electron chi connectivity index (χ2n) is 31.6. The van der Waals surface area contributed by atoms with Crippen LogP contribution in [0.3, 0.4) is 0 Å². The highest BCUT2D eigenvalue weighted by atomic mass is 31.2. The van der Waals surface area contributed by atoms with Crippen molar-refractivity contribution in [3.8, 4) is 0 Å². The van der Waals surface area contributed by atoms with E-state index in [4.69, 9.17) is 37.0 Å². The Balaban J connectivity index is 5.22. The van der Waals surface area contributed by atoms with E-state index in [9.17, 15) is 43.2 Å². The summed E-state index contributed by atoms with van der Waals surface area (Å²) >= 11 is 0. The summed E-state index contributed by atoms with van der Waals surface area (Å²) in [5.41, 5.74) is 0. The number of phosphoric ester groups is 2. The second-order valence-corrected chi connectivity index (χ2v) is 34.6. The fourth-order valence-corrected chi connectivity index (χ4v) is 15.0. The third kappa shape index (κ3) is 78.5. The van der Waals surface area contributed by atoms with Crippen molar-refractivity contribution >= 4 is 39.5 Å². The SMILES string of the molecule is CCCCCCCCCCCCCCCCCCCCCCC(=O)OC[C@H](COP(=O)(O)OC[C@@H](O)COP(=O)(O)OC[C@@H](COC(=O)CCCCCCCCCCCCCC)OC(=O)CCCCCCCCCCC(C)CC)OC(=O)CCCCCCCCCCCCCCCCCCCCC(C)C. The Morgan fingerprint density at radius 1 is 0.276 bits per heavy atom. The van der Waals surface area contributed by atoms with Crippen LogP contribution in [0.2, 0.25) is 0 Å². The van der Waals surface area contributed by atoms with Gasteiger partial charge in [0, 0.05) is 25.7 Å². The van der Waals surface area contributed by atoms with Crippen LogP contribution < -0.4 is 0 Å². The molecule has 0 aromatic heterocycles. The third-order valence-electron chi connectivity index (χ3n) is 20.6. The molecule has 0 aliphatic heterocycles. The standard InChI is InChI=1S/C86H168O17P2/c1-7-10-12-14-16-18-20-22-23-24-25-26-30-33-36-40-44-51-57-63-69-84(89)96-74-81(102-85(90)70-64-58-52-45-41-37-34-31-28-27-29-32-35-38-42-48-54-60-66-78(4)5)76-100-104(92,93)98-72-80(87)73-99-105(94,95)101-77-82(103-86(91)71-65-59-53-47-46-49-55-61-67-79(6)9-3)75-97-83(88)68-62-56-50-43-39-21-19-17-15-13-11-8-2/h78-82,87H,7-77H2,1-6H3,(H,92,93)(H,94,95)/t79?,80-,81-,82-/m1/s1. The van der Waals surface area contributed by atoms with Crippen molar-refractivity contribution in [1.29, 1.82) is 0 Å². The summed E-state index contributed by atoms with van der Waals surface area (Å²) in [6, 6.07) is 0. The van der Waals surface area contributed by atoms with Crippen molar-refractivity contribution in [2.45, 2.75) is 477 Å². The van der Waals surface area contributed by atoms with Gasteiger partial charge in [-0.1, -0.05) is 408 Å². The zero-order valence-electron chi connectivity index (χ0n) is 69.0. The average molecular weight is 1540 g/mol. The van der Waals surface area contributed by atoms with Crippen LogP contribution in [-0.4, -0.2) is 96.7 Å². The number of phosphoric acid groups is 2. The number of aliphatic hydroxyl groups excluding tert-OH is 1. The van der Waals surface area contributed by atoms with Crippen LogP contribution >= 0.6 is 15.6 Å². The molecule has 0 aliphatic carbocycles. The summed E-state index contributed by atoms with van der Waals surface area (Å²) in [5.74, 6) is -0.514. The Hall–Kier alpha value is -1.94. The maximum absolute atomic E-state index is 13.1. The lowest BCUT2D eigenvalue weighted by Crippen LogP contribution is -2.30. The van der Waals surface area contributed by atoms with Crippen molar-refractivity contribution < 1.29 is 80.2 Å². The van der Waals surface area contributed by atoms with Gasteiger partial charge in [-0.3, -0.25) is 37.3 Å². The van der Waals surface area contributed by atoms with E-state index in [1.54, 1.807) is 0 Å². The number of hydrogen-bond donors (Lipinski definition) is 3. The van der Waals surface area contributed by atoms with Crippen LogP contribution in [0.5, 0.6) is 0 Å². The lowest BCUT2D eigenvalue weighted by Gasteiger charge is -2.21. The van der Waals surface area contributed by atoms with E-state index in [1.807, 2.05) is 0 Å². The fraction of sp³-hybridized carbons (Fsp3) is 0.953. The largest absolute Gasteiger partial charge is 0.472 e. The van der Waals surface area contributed by atoms with Gasteiger partial charge in [-0.05, 0) is 37.5 Å². The normalized spacial score (nSPS) is 14.1. The lowest BCUT2D eigenvalue weighted by atomic mass is 9.99. The summed E-state index contributed by atoms with van der Waals surface area (Å²) in [6.45, 7) is 9.70. The maximum Gasteiger partial charge on any atom is 0.472 e. The van der Waals surface area contributed by atoms with Crippen molar-refractivity contribution in [3.63, 3.8) is 0 Å². The summed E-state index contributed by atoms with van der Waals surface area (Å²) in [6.07, 6.45) is 69.4. The van der Waals surface area contributed by atoms with E-state index in [2.05, 4.69) is 41.5 Å². The molecule has 17 nitrogen and oxygen atoms in total. The van der Waals surface area contributed by atoms with Gasteiger partial charge in [0.25, 0.3) is 0 Å². The number of carbonyl (C=O) groups is 4. The molecule has 0 heterocycles. The summed E-state index contributed by atoms with van der Waals surface area (Å²) in [7, 11) is -9.93. The van der Waals surface area contributed by atoms with Crippen LogP contribution in [0, 0.1) is 11.8 Å². The Labute approximate surface area is 645 Å². The van der Waals surface area contributed by atoms with Gasteiger partial charge < -0.3 is 33.8 Å². The first-order chi connectivity index (χ1) is 50.9. The highest BCUT2D eigenvalue weighted by Gasteiger charge is 2.30. The minimum Gasteiger partial charge on any atom is -0.462 e. The molecule has 0 spiro atoms. The molecule has 0 radical (unpaired) electrons. The number of rotatable bonds is 85. The van der Waals surface area contributed by atoms with Gasteiger partial charge in [0.2, 0.25) is 0 Å². The number of unbranched alkanes of at least 4 members (excludes halogenated alkanes) is 54. The monoisotopic (exact) mass is 1540 g/mol. The average Bonchev–Trinajstić information content (AvgIpc) is 0.911. The lowest BCUT2D eigenvalue weighted by molar-refractivity contribution is -0.161. The molecule has 0 rings (SSSR count). The predicted molar refractivity (Wildman–Crippen MR) is 432 cm³/mol. The molecular formula is C86H168O17P2. The summed E-state index contributed by atoms with van der Waals surface area (Å²) in [5, 5.41) is 10.7. The van der Waals surface area contributed by atoms with E-state index in [-0.39, 0.29) is 25.7 Å². The topological polar surface area (TPSA) is 237 Å². The number of carbonyl (C=O) groups excluding carboxylic acids is 4. The first kappa shape index (κ1) is 103. The highest BCUT2D eigenvalue weighted by Crippen LogP contribution is 2.45. The van der Waals surface area contributed by atoms with Gasteiger partial charge in [0.15, 0.2) is 12.2 Å². The van der Waals surface area contributed by atoms with Crippen molar-refractivity contribution in [3.05, 3.63) is 0 Å². The molecule has 19 heteroatoms.